The Labute approximate surface area is 206 Å². The lowest BCUT2D eigenvalue weighted by Crippen LogP contribution is -2.03. The molecule has 0 spiro atoms. The van der Waals surface area contributed by atoms with Gasteiger partial charge in [0.2, 0.25) is 0 Å². The zero-order valence-electron chi connectivity index (χ0n) is 18.6. The van der Waals surface area contributed by atoms with Crippen molar-refractivity contribution in [2.24, 2.45) is 0 Å². The summed E-state index contributed by atoms with van der Waals surface area (Å²) in [5.74, 6) is 11.9. The van der Waals surface area contributed by atoms with Crippen LogP contribution in [-0.4, -0.2) is 25.2 Å². The molecule has 0 radical (unpaired) electrons. The maximum absolute atomic E-state index is 12.0. The van der Waals surface area contributed by atoms with Crippen LogP contribution in [0.2, 0.25) is 0 Å². The Morgan fingerprint density at radius 3 is 1.39 bits per heavy atom. The number of carbonyl (C=O) groups is 2. The molecule has 170 valence electrons. The predicted molar refractivity (Wildman–Crippen MR) is 135 cm³/mol. The fraction of sp³-hybridized carbons (Fsp3) is 0.308. The highest BCUT2D eigenvalue weighted by molar-refractivity contribution is 7.15. The van der Waals surface area contributed by atoms with Gasteiger partial charge < -0.3 is 9.47 Å². The molecule has 0 amide bonds. The number of ether oxygens (including phenoxy) is 2. The number of hydrogen-bond donors (Lipinski definition) is 0. The normalized spacial score (nSPS) is 10.0. The average molecular weight is 497 g/mol. The molecule has 0 aliphatic rings. The van der Waals surface area contributed by atoms with Gasteiger partial charge in [-0.2, -0.15) is 0 Å². The van der Waals surface area contributed by atoms with E-state index in [1.54, 1.807) is 12.1 Å². The van der Waals surface area contributed by atoms with Gasteiger partial charge in [0.05, 0.1) is 32.7 Å². The maximum atomic E-state index is 12.0. The van der Waals surface area contributed by atoms with E-state index in [9.17, 15) is 9.59 Å². The van der Waals surface area contributed by atoms with Gasteiger partial charge in [0.15, 0.2) is 0 Å². The third-order valence-corrected chi connectivity index (χ3v) is 7.18. The van der Waals surface area contributed by atoms with Crippen LogP contribution in [-0.2, 0) is 9.47 Å². The number of thiophene rings is 3. The molecular formula is C26H24O4S3. The molecule has 0 bridgehead atoms. The summed E-state index contributed by atoms with van der Waals surface area (Å²) < 4.78 is 10.5. The molecule has 0 saturated heterocycles. The molecule has 0 saturated carbocycles. The van der Waals surface area contributed by atoms with Crippen molar-refractivity contribution in [3.05, 3.63) is 65.7 Å². The number of rotatable bonds is 8. The van der Waals surface area contributed by atoms with Crippen molar-refractivity contribution in [1.82, 2.24) is 0 Å². The Balaban J connectivity index is 1.57. The smallest absolute Gasteiger partial charge is 0.348 e. The molecule has 0 aliphatic heterocycles. The largest absolute Gasteiger partial charge is 0.462 e. The van der Waals surface area contributed by atoms with Gasteiger partial charge >= 0.3 is 11.9 Å². The second kappa shape index (κ2) is 13.0. The molecule has 0 aliphatic carbocycles. The van der Waals surface area contributed by atoms with Crippen LogP contribution in [0.15, 0.2) is 36.4 Å². The summed E-state index contributed by atoms with van der Waals surface area (Å²) in [7, 11) is 0. The molecule has 3 aromatic rings. The first kappa shape index (κ1) is 24.8. The molecule has 0 aromatic carbocycles. The average Bonchev–Trinajstić information content (AvgIpc) is 3.57. The molecular weight excluding hydrogens is 472 g/mol. The van der Waals surface area contributed by atoms with E-state index < -0.39 is 0 Å². The highest BCUT2D eigenvalue weighted by Gasteiger charge is 2.10. The Bertz CT molecular complexity index is 1110. The minimum atomic E-state index is -0.291. The van der Waals surface area contributed by atoms with Gasteiger partial charge in [0.25, 0.3) is 0 Å². The van der Waals surface area contributed by atoms with E-state index in [-0.39, 0.29) is 11.9 Å². The number of unbranched alkanes of at least 4 members (excludes halogenated alkanes) is 2. The van der Waals surface area contributed by atoms with Gasteiger partial charge in [-0.05, 0) is 72.9 Å². The molecule has 3 rings (SSSR count). The minimum Gasteiger partial charge on any atom is -0.462 e. The summed E-state index contributed by atoms with van der Waals surface area (Å²) in [6, 6.07) is 11.0. The van der Waals surface area contributed by atoms with Crippen LogP contribution in [0.3, 0.4) is 0 Å². The maximum Gasteiger partial charge on any atom is 0.348 e. The first-order valence-electron chi connectivity index (χ1n) is 10.8. The van der Waals surface area contributed by atoms with Gasteiger partial charge in [-0.3, -0.25) is 0 Å². The summed E-state index contributed by atoms with van der Waals surface area (Å²) in [5, 5.41) is 0. The van der Waals surface area contributed by atoms with Gasteiger partial charge in [-0.15, -0.1) is 34.0 Å². The number of hydrogen-bond acceptors (Lipinski definition) is 7. The summed E-state index contributed by atoms with van der Waals surface area (Å²) >= 11 is 4.17. The molecule has 33 heavy (non-hydrogen) atoms. The fourth-order valence-electron chi connectivity index (χ4n) is 2.51. The van der Waals surface area contributed by atoms with Crippen LogP contribution in [0.4, 0.5) is 0 Å². The molecule has 3 heterocycles. The van der Waals surface area contributed by atoms with E-state index in [1.807, 2.05) is 24.3 Å². The number of esters is 2. The summed E-state index contributed by atoms with van der Waals surface area (Å²) in [5.41, 5.74) is 0. The Morgan fingerprint density at radius 1 is 0.636 bits per heavy atom. The third kappa shape index (κ3) is 7.91. The van der Waals surface area contributed by atoms with Gasteiger partial charge in [-0.1, -0.05) is 26.7 Å². The molecule has 0 fully saturated rings. The van der Waals surface area contributed by atoms with Gasteiger partial charge in [0.1, 0.15) is 9.75 Å². The van der Waals surface area contributed by atoms with Crippen LogP contribution >= 0.6 is 34.0 Å². The predicted octanol–water partition coefficient (Wildman–Crippen LogP) is 6.58. The van der Waals surface area contributed by atoms with E-state index in [4.69, 9.17) is 9.47 Å². The van der Waals surface area contributed by atoms with Crippen molar-refractivity contribution >= 4 is 45.9 Å². The van der Waals surface area contributed by atoms with Crippen molar-refractivity contribution in [1.29, 1.82) is 0 Å². The second-order valence-electron chi connectivity index (χ2n) is 6.97. The topological polar surface area (TPSA) is 52.6 Å². The van der Waals surface area contributed by atoms with E-state index >= 15 is 0 Å². The summed E-state index contributed by atoms with van der Waals surface area (Å²) in [6.07, 6.45) is 3.72. The third-order valence-electron chi connectivity index (χ3n) is 4.30. The van der Waals surface area contributed by atoms with Crippen molar-refractivity contribution in [3.63, 3.8) is 0 Å². The van der Waals surface area contributed by atoms with Crippen LogP contribution in [0.1, 0.15) is 78.4 Å². The second-order valence-corrected chi connectivity index (χ2v) is 10.2. The van der Waals surface area contributed by atoms with Gasteiger partial charge in [0, 0.05) is 0 Å². The van der Waals surface area contributed by atoms with Crippen LogP contribution in [0.5, 0.6) is 0 Å². The molecule has 3 aromatic heterocycles. The Hall–Kier alpha value is -2.84. The van der Waals surface area contributed by atoms with E-state index in [0.717, 1.165) is 45.2 Å². The van der Waals surface area contributed by atoms with Crippen molar-refractivity contribution < 1.29 is 19.1 Å². The molecule has 0 atom stereocenters. The zero-order chi connectivity index (χ0) is 23.5. The van der Waals surface area contributed by atoms with Crippen LogP contribution in [0.25, 0.3) is 0 Å². The van der Waals surface area contributed by atoms with E-state index in [0.29, 0.717) is 23.0 Å². The Morgan fingerprint density at radius 2 is 1.00 bits per heavy atom. The summed E-state index contributed by atoms with van der Waals surface area (Å²) in [4.78, 5) is 28.6. The van der Waals surface area contributed by atoms with Crippen molar-refractivity contribution in [2.75, 3.05) is 13.2 Å². The van der Waals surface area contributed by atoms with Crippen LogP contribution < -0.4 is 0 Å². The van der Waals surface area contributed by atoms with Crippen molar-refractivity contribution in [2.45, 2.75) is 39.5 Å². The highest BCUT2D eigenvalue weighted by Crippen LogP contribution is 2.20. The summed E-state index contributed by atoms with van der Waals surface area (Å²) in [6.45, 7) is 5.01. The Kier molecular flexibility index (Phi) is 9.77. The molecule has 4 nitrogen and oxygen atoms in total. The molecule has 0 N–H and O–H groups in total. The lowest BCUT2D eigenvalue weighted by atomic mass is 10.3. The van der Waals surface area contributed by atoms with E-state index in [1.165, 1.54) is 34.0 Å². The first-order valence-corrected chi connectivity index (χ1v) is 13.2. The lowest BCUT2D eigenvalue weighted by Gasteiger charge is -2.00. The monoisotopic (exact) mass is 496 g/mol. The van der Waals surface area contributed by atoms with Crippen LogP contribution in [0, 0.1) is 23.7 Å². The zero-order valence-corrected chi connectivity index (χ0v) is 21.0. The minimum absolute atomic E-state index is 0.291. The first-order chi connectivity index (χ1) is 16.1. The fourth-order valence-corrected chi connectivity index (χ4v) is 4.73. The van der Waals surface area contributed by atoms with Gasteiger partial charge in [-0.25, -0.2) is 9.59 Å². The molecule has 0 unspecified atom stereocenters. The SMILES string of the molecule is CCCCOC(=O)c1ccc(C#Cc2ccc(C#Cc3ccc(C(=O)OCCCC)s3)s2)s1. The standard InChI is InChI=1S/C26H24O4S3/c1-3-5-17-29-25(27)23-15-13-21(32-23)11-9-19-7-8-20(31-19)10-12-22-14-16-24(33-22)26(28)30-18-6-4-2/h7-8,13-16H,3-6,17-18H2,1-2H3. The van der Waals surface area contributed by atoms with E-state index in [2.05, 4.69) is 37.5 Å². The van der Waals surface area contributed by atoms with Crippen molar-refractivity contribution in [3.8, 4) is 23.7 Å². The highest BCUT2D eigenvalue weighted by atomic mass is 32.1. The quantitative estimate of drug-likeness (QED) is 0.201. The lowest BCUT2D eigenvalue weighted by molar-refractivity contribution is 0.0496. The molecule has 7 heteroatoms. The number of carbonyl (C=O) groups excluding carboxylic acids is 2.